The number of carbonyl (C=O) groups is 1. The van der Waals surface area contributed by atoms with Crippen molar-refractivity contribution >= 4 is 5.78 Å². The van der Waals surface area contributed by atoms with Crippen LogP contribution in [0.5, 0.6) is 0 Å². The molecule has 0 aromatic heterocycles. The zero-order valence-electron chi connectivity index (χ0n) is 12.6. The maximum atomic E-state index is 12.2. The van der Waals surface area contributed by atoms with Crippen LogP contribution in [0.15, 0.2) is 30.3 Å². The molecule has 0 radical (unpaired) electrons. The van der Waals surface area contributed by atoms with Crippen LogP contribution in [0.4, 0.5) is 0 Å². The summed E-state index contributed by atoms with van der Waals surface area (Å²) >= 11 is 0. The van der Waals surface area contributed by atoms with Crippen molar-refractivity contribution in [2.45, 2.75) is 52.1 Å². The number of carbonyl (C=O) groups excluding carboxylic acids is 1. The quantitative estimate of drug-likeness (QED) is 0.907. The predicted octanol–water partition coefficient (Wildman–Crippen LogP) is 3.56. The second-order valence-corrected chi connectivity index (χ2v) is 6.75. The minimum absolute atomic E-state index is 0.244. The van der Waals surface area contributed by atoms with Crippen molar-refractivity contribution in [3.05, 3.63) is 35.9 Å². The van der Waals surface area contributed by atoms with E-state index in [1.807, 2.05) is 6.07 Å². The van der Waals surface area contributed by atoms with Crippen molar-refractivity contribution in [3.63, 3.8) is 0 Å². The molecule has 1 aromatic carbocycles. The summed E-state index contributed by atoms with van der Waals surface area (Å²) in [5.74, 6) is 1.32. The van der Waals surface area contributed by atoms with Crippen LogP contribution in [-0.4, -0.2) is 11.8 Å². The number of Topliss-reactive ketones (excluding diaryl/α,β-unsaturated/α-hetero) is 1. The van der Waals surface area contributed by atoms with Crippen LogP contribution in [0.2, 0.25) is 0 Å². The van der Waals surface area contributed by atoms with E-state index < -0.39 is 0 Å². The summed E-state index contributed by atoms with van der Waals surface area (Å²) in [5.41, 5.74) is 1.59. The van der Waals surface area contributed by atoms with Gasteiger partial charge in [0.2, 0.25) is 0 Å². The molecule has 3 aliphatic rings. The molecule has 108 valence electrons. The standard InChI is InChI=1S/C18H25NO/c1-3-18(2)14-9-10-15(16(20)11-14)17(18)19-12-13-7-5-4-6-8-13/h4-8,14-15,17,19H,3,9-12H2,1-2H3. The first-order valence-electron chi connectivity index (χ1n) is 7.95. The smallest absolute Gasteiger partial charge is 0.137 e. The lowest BCUT2D eigenvalue weighted by molar-refractivity contribution is -0.140. The van der Waals surface area contributed by atoms with Crippen LogP contribution >= 0.6 is 0 Å². The molecule has 4 rings (SSSR count). The Morgan fingerprint density at radius 2 is 2.00 bits per heavy atom. The Bertz CT molecular complexity index is 483. The first kappa shape index (κ1) is 13.8. The van der Waals surface area contributed by atoms with E-state index in [4.69, 9.17) is 0 Å². The molecule has 0 spiro atoms. The first-order valence-corrected chi connectivity index (χ1v) is 7.95. The van der Waals surface area contributed by atoms with Gasteiger partial charge in [-0.1, -0.05) is 44.2 Å². The van der Waals surface area contributed by atoms with E-state index in [1.54, 1.807) is 0 Å². The van der Waals surface area contributed by atoms with Crippen LogP contribution in [-0.2, 0) is 11.3 Å². The fourth-order valence-corrected chi connectivity index (χ4v) is 4.37. The molecule has 4 unspecified atom stereocenters. The van der Waals surface area contributed by atoms with Crippen LogP contribution in [0.1, 0.15) is 45.1 Å². The third kappa shape index (κ3) is 2.20. The van der Waals surface area contributed by atoms with Gasteiger partial charge in [0, 0.05) is 24.9 Å². The highest BCUT2D eigenvalue weighted by atomic mass is 16.1. The van der Waals surface area contributed by atoms with Gasteiger partial charge in [-0.15, -0.1) is 0 Å². The summed E-state index contributed by atoms with van der Waals surface area (Å²) in [7, 11) is 0. The van der Waals surface area contributed by atoms with Gasteiger partial charge in [-0.3, -0.25) is 4.79 Å². The average molecular weight is 271 g/mol. The van der Waals surface area contributed by atoms with Crippen molar-refractivity contribution in [3.8, 4) is 0 Å². The van der Waals surface area contributed by atoms with E-state index >= 15 is 0 Å². The lowest BCUT2D eigenvalue weighted by Gasteiger charge is -2.55. The van der Waals surface area contributed by atoms with Gasteiger partial charge in [0.25, 0.3) is 0 Å². The SMILES string of the molecule is CCC1(C)C2CCC(C(=O)C2)C1NCc1ccccc1. The van der Waals surface area contributed by atoms with Gasteiger partial charge in [0.05, 0.1) is 0 Å². The molecule has 2 heteroatoms. The zero-order chi connectivity index (χ0) is 14.2. The molecule has 1 N–H and O–H groups in total. The average Bonchev–Trinajstić information content (AvgIpc) is 2.48. The van der Waals surface area contributed by atoms with Crippen molar-refractivity contribution in [1.82, 2.24) is 5.32 Å². The van der Waals surface area contributed by atoms with Crippen LogP contribution < -0.4 is 5.32 Å². The summed E-state index contributed by atoms with van der Waals surface area (Å²) in [4.78, 5) is 12.2. The fourth-order valence-electron chi connectivity index (χ4n) is 4.37. The summed E-state index contributed by atoms with van der Waals surface area (Å²) in [6.45, 7) is 5.54. The second kappa shape index (κ2) is 5.33. The molecule has 0 amide bonds. The van der Waals surface area contributed by atoms with E-state index in [0.29, 0.717) is 17.7 Å². The highest BCUT2D eigenvalue weighted by molar-refractivity contribution is 5.84. The van der Waals surface area contributed by atoms with E-state index in [-0.39, 0.29) is 11.3 Å². The molecule has 4 atom stereocenters. The van der Waals surface area contributed by atoms with Gasteiger partial charge in [-0.05, 0) is 36.2 Å². The lowest BCUT2D eigenvalue weighted by Crippen LogP contribution is -2.60. The van der Waals surface area contributed by atoms with Gasteiger partial charge < -0.3 is 5.32 Å². The van der Waals surface area contributed by atoms with Crippen molar-refractivity contribution in [2.24, 2.45) is 17.3 Å². The van der Waals surface area contributed by atoms with Crippen LogP contribution in [0, 0.1) is 17.3 Å². The van der Waals surface area contributed by atoms with Crippen LogP contribution in [0.25, 0.3) is 0 Å². The number of rotatable bonds is 4. The normalized spacial score (nSPS) is 36.3. The lowest BCUT2D eigenvalue weighted by atomic mass is 9.52. The van der Waals surface area contributed by atoms with Gasteiger partial charge >= 0.3 is 0 Å². The Balaban J connectivity index is 1.77. The van der Waals surface area contributed by atoms with E-state index in [0.717, 1.165) is 25.8 Å². The summed E-state index contributed by atoms with van der Waals surface area (Å²) < 4.78 is 0. The number of benzene rings is 1. The monoisotopic (exact) mass is 271 g/mol. The summed E-state index contributed by atoms with van der Waals surface area (Å²) in [6, 6.07) is 10.9. The maximum absolute atomic E-state index is 12.2. The molecule has 1 aromatic rings. The molecule has 3 saturated carbocycles. The van der Waals surface area contributed by atoms with Crippen LogP contribution in [0.3, 0.4) is 0 Å². The topological polar surface area (TPSA) is 29.1 Å². The minimum atomic E-state index is 0.244. The number of ketones is 1. The predicted molar refractivity (Wildman–Crippen MR) is 81.3 cm³/mol. The first-order chi connectivity index (χ1) is 9.65. The van der Waals surface area contributed by atoms with Crippen molar-refractivity contribution < 1.29 is 4.79 Å². The van der Waals surface area contributed by atoms with Gasteiger partial charge in [0.15, 0.2) is 0 Å². The van der Waals surface area contributed by atoms with Crippen molar-refractivity contribution in [1.29, 1.82) is 0 Å². The molecular weight excluding hydrogens is 246 g/mol. The Morgan fingerprint density at radius 1 is 1.25 bits per heavy atom. The Hall–Kier alpha value is -1.15. The minimum Gasteiger partial charge on any atom is -0.309 e. The summed E-state index contributed by atoms with van der Waals surface area (Å²) in [5, 5.41) is 3.72. The van der Waals surface area contributed by atoms with E-state index in [1.165, 1.54) is 12.0 Å². The Morgan fingerprint density at radius 3 is 2.65 bits per heavy atom. The van der Waals surface area contributed by atoms with Gasteiger partial charge in [0.1, 0.15) is 5.78 Å². The highest BCUT2D eigenvalue weighted by Crippen LogP contribution is 2.52. The molecule has 3 aliphatic carbocycles. The molecule has 2 bridgehead atoms. The number of nitrogens with one attached hydrogen (secondary N) is 1. The molecule has 2 nitrogen and oxygen atoms in total. The molecule has 3 fully saturated rings. The van der Waals surface area contributed by atoms with Gasteiger partial charge in [-0.2, -0.15) is 0 Å². The second-order valence-electron chi connectivity index (χ2n) is 6.75. The van der Waals surface area contributed by atoms with Crippen molar-refractivity contribution in [2.75, 3.05) is 0 Å². The summed E-state index contributed by atoms with van der Waals surface area (Å²) in [6.07, 6.45) is 4.31. The van der Waals surface area contributed by atoms with E-state index in [2.05, 4.69) is 43.4 Å². The molecule has 0 heterocycles. The highest BCUT2D eigenvalue weighted by Gasteiger charge is 2.53. The zero-order valence-corrected chi connectivity index (χ0v) is 12.6. The Kier molecular flexibility index (Phi) is 3.68. The number of fused-ring (bicyclic) bond motifs is 3. The largest absolute Gasteiger partial charge is 0.309 e. The maximum Gasteiger partial charge on any atom is 0.137 e. The molecule has 0 saturated heterocycles. The molecular formula is C18H25NO. The Labute approximate surface area is 122 Å². The van der Waals surface area contributed by atoms with E-state index in [9.17, 15) is 4.79 Å². The van der Waals surface area contributed by atoms with Gasteiger partial charge in [-0.25, -0.2) is 0 Å². The fraction of sp³-hybridized carbons (Fsp3) is 0.611. The third-order valence-electron chi connectivity index (χ3n) is 5.86. The number of hydrogen-bond donors (Lipinski definition) is 1. The third-order valence-corrected chi connectivity index (χ3v) is 5.86. The molecule has 0 aliphatic heterocycles. The molecule has 20 heavy (non-hydrogen) atoms. The number of hydrogen-bond acceptors (Lipinski definition) is 2.